The summed E-state index contributed by atoms with van der Waals surface area (Å²) in [7, 11) is 2.99. The van der Waals surface area contributed by atoms with Crippen LogP contribution in [0, 0.1) is 13.8 Å². The number of rotatable bonds is 13. The van der Waals surface area contributed by atoms with E-state index in [-0.39, 0.29) is 61.5 Å². The number of carboxylic acids is 1. The molecule has 0 radical (unpaired) electrons. The van der Waals surface area contributed by atoms with Crippen LogP contribution in [0.4, 0.5) is 0 Å². The van der Waals surface area contributed by atoms with Gasteiger partial charge in [-0.25, -0.2) is 9.59 Å². The highest BCUT2D eigenvalue weighted by Crippen LogP contribution is 2.44. The molecule has 0 saturated heterocycles. The fourth-order valence-electron chi connectivity index (χ4n) is 5.68. The monoisotopic (exact) mass is 622 g/mol. The van der Waals surface area contributed by atoms with Gasteiger partial charge in [-0.15, -0.1) is 0 Å². The molecule has 240 valence electrons. The first-order valence-corrected chi connectivity index (χ1v) is 14.6. The van der Waals surface area contributed by atoms with Crippen LogP contribution in [0.1, 0.15) is 93.6 Å². The summed E-state index contributed by atoms with van der Waals surface area (Å²) in [5.74, 6) is -1.79. The maximum Gasteiger partial charge on any atom is 0.342 e. The van der Waals surface area contributed by atoms with E-state index in [1.165, 1.54) is 14.2 Å². The summed E-state index contributed by atoms with van der Waals surface area (Å²) < 4.78 is 27.5. The first-order chi connectivity index (χ1) is 21.4. The third kappa shape index (κ3) is 6.82. The average molecular weight is 623 g/mol. The maximum atomic E-state index is 13.2. The summed E-state index contributed by atoms with van der Waals surface area (Å²) in [6, 6.07) is 0. The molecule has 2 aliphatic heterocycles. The van der Waals surface area contributed by atoms with Crippen LogP contribution in [0.15, 0.2) is 23.3 Å². The number of allylic oxidation sites excluding steroid dienone is 4. The molecule has 11 heteroatoms. The predicted molar refractivity (Wildman–Crippen MR) is 162 cm³/mol. The molecule has 11 nitrogen and oxygen atoms in total. The Hall–Kier alpha value is -4.80. The van der Waals surface area contributed by atoms with E-state index in [0.29, 0.717) is 52.2 Å². The number of phenolic OH excluding ortho intramolecular Hbond substituents is 1. The lowest BCUT2D eigenvalue weighted by Gasteiger charge is -2.19. The summed E-state index contributed by atoms with van der Waals surface area (Å²) in [6.45, 7) is 7.39. The first-order valence-electron chi connectivity index (χ1n) is 14.6. The topological polar surface area (TPSA) is 155 Å². The Balaban J connectivity index is 1.55. The maximum absolute atomic E-state index is 13.2. The van der Waals surface area contributed by atoms with Crippen molar-refractivity contribution in [2.75, 3.05) is 14.2 Å². The zero-order valence-electron chi connectivity index (χ0n) is 26.4. The Morgan fingerprint density at radius 1 is 0.756 bits per heavy atom. The highest BCUT2D eigenvalue weighted by Gasteiger charge is 2.34. The number of carbonyl (C=O) groups is 4. The minimum Gasteiger partial charge on any atom is -0.507 e. The largest absolute Gasteiger partial charge is 0.507 e. The van der Waals surface area contributed by atoms with E-state index in [2.05, 4.69) is 0 Å². The van der Waals surface area contributed by atoms with Crippen LogP contribution in [0.25, 0.3) is 0 Å². The SMILES string of the molecule is COc1c(C)c2c(c(O)c1C/C=C(\C)CCC(=O)Oc1c(C/C=C(\C)CCC(=O)O)c(OC)c(C)c3c1C(=O)OC3)C(=O)OC2. The molecule has 45 heavy (non-hydrogen) atoms. The van der Waals surface area contributed by atoms with Gasteiger partial charge in [0.05, 0.1) is 14.2 Å². The van der Waals surface area contributed by atoms with Crippen molar-refractivity contribution in [3.63, 3.8) is 0 Å². The summed E-state index contributed by atoms with van der Waals surface area (Å²) in [5.41, 5.74) is 5.58. The van der Waals surface area contributed by atoms with Gasteiger partial charge in [0.2, 0.25) is 0 Å². The molecule has 0 amide bonds. The van der Waals surface area contributed by atoms with Gasteiger partial charge in [0, 0.05) is 35.1 Å². The molecule has 0 unspecified atom stereocenters. The van der Waals surface area contributed by atoms with E-state index < -0.39 is 23.9 Å². The van der Waals surface area contributed by atoms with E-state index in [1.807, 2.05) is 39.8 Å². The molecular formula is C34H38O11. The van der Waals surface area contributed by atoms with Gasteiger partial charge in [-0.1, -0.05) is 23.3 Å². The van der Waals surface area contributed by atoms with Crippen molar-refractivity contribution in [3.05, 3.63) is 67.8 Å². The standard InChI is InChI=1S/C34H38O11/c1-17(9-13-25(35)36)8-12-22-31(42-6)20(4)24-16-44-34(40)28(24)32(22)45-26(37)14-10-18(2)7-11-21-29(38)27-23(15-43-33(27)39)19(3)30(21)41-5/h7-8,38H,9-16H2,1-6H3,(H,35,36)/b17-8+,18-7+. The number of carbonyl (C=O) groups excluding carboxylic acids is 3. The van der Waals surface area contributed by atoms with Crippen molar-refractivity contribution in [1.82, 2.24) is 0 Å². The second kappa shape index (κ2) is 13.9. The Bertz CT molecular complexity index is 1630. The number of phenols is 1. The fourth-order valence-corrected chi connectivity index (χ4v) is 5.68. The molecule has 0 fully saturated rings. The Morgan fingerprint density at radius 2 is 1.24 bits per heavy atom. The van der Waals surface area contributed by atoms with Crippen molar-refractivity contribution >= 4 is 23.9 Å². The van der Waals surface area contributed by atoms with Gasteiger partial charge in [-0.3, -0.25) is 9.59 Å². The van der Waals surface area contributed by atoms with E-state index >= 15 is 0 Å². The van der Waals surface area contributed by atoms with E-state index in [4.69, 9.17) is 28.8 Å². The number of aromatic hydroxyl groups is 1. The molecule has 0 bridgehead atoms. The number of benzene rings is 2. The Labute approximate surface area is 261 Å². The number of carboxylic acid groups (broad SMARTS) is 1. The predicted octanol–water partition coefficient (Wildman–Crippen LogP) is 5.60. The van der Waals surface area contributed by atoms with Gasteiger partial charge in [0.1, 0.15) is 41.6 Å². The molecule has 0 saturated carbocycles. The lowest BCUT2D eigenvalue weighted by molar-refractivity contribution is -0.137. The number of aliphatic carboxylic acids is 1. The van der Waals surface area contributed by atoms with Gasteiger partial charge < -0.3 is 33.9 Å². The molecule has 2 aromatic carbocycles. The molecule has 0 atom stereocenters. The van der Waals surface area contributed by atoms with Crippen molar-refractivity contribution in [2.24, 2.45) is 0 Å². The molecule has 0 spiro atoms. The van der Waals surface area contributed by atoms with Gasteiger partial charge in [0.25, 0.3) is 0 Å². The second-order valence-electron chi connectivity index (χ2n) is 11.2. The molecular weight excluding hydrogens is 584 g/mol. The van der Waals surface area contributed by atoms with Crippen molar-refractivity contribution < 1.29 is 53.1 Å². The molecule has 0 aromatic heterocycles. The minimum atomic E-state index is -0.904. The van der Waals surface area contributed by atoms with Crippen LogP contribution in [0.5, 0.6) is 23.0 Å². The molecule has 2 aliphatic rings. The van der Waals surface area contributed by atoms with E-state index in [1.54, 1.807) is 0 Å². The Kier molecular flexibility index (Phi) is 10.2. The Morgan fingerprint density at radius 3 is 1.80 bits per heavy atom. The van der Waals surface area contributed by atoms with Crippen LogP contribution in [0.2, 0.25) is 0 Å². The summed E-state index contributed by atoms with van der Waals surface area (Å²) in [5, 5.41) is 19.9. The fraction of sp³-hybridized carbons (Fsp3) is 0.412. The summed E-state index contributed by atoms with van der Waals surface area (Å²) in [4.78, 5) is 49.2. The van der Waals surface area contributed by atoms with E-state index in [0.717, 1.165) is 16.7 Å². The molecule has 2 N–H and O–H groups in total. The zero-order valence-corrected chi connectivity index (χ0v) is 26.4. The third-order valence-corrected chi connectivity index (χ3v) is 8.26. The van der Waals surface area contributed by atoms with Crippen LogP contribution in [-0.2, 0) is 45.1 Å². The number of hydrogen-bond acceptors (Lipinski definition) is 10. The second-order valence-corrected chi connectivity index (χ2v) is 11.2. The number of cyclic esters (lactones) is 2. The highest BCUT2D eigenvalue weighted by atomic mass is 16.6. The smallest absolute Gasteiger partial charge is 0.342 e. The molecule has 4 rings (SSSR count). The van der Waals surface area contributed by atoms with Crippen molar-refractivity contribution in [2.45, 2.75) is 79.4 Å². The van der Waals surface area contributed by atoms with Gasteiger partial charge in [0.15, 0.2) is 5.75 Å². The van der Waals surface area contributed by atoms with Gasteiger partial charge in [-0.05, 0) is 64.5 Å². The van der Waals surface area contributed by atoms with Crippen LogP contribution in [-0.4, -0.2) is 48.3 Å². The lowest BCUT2D eigenvalue weighted by atomic mass is 9.94. The first kappa shape index (κ1) is 33.1. The lowest BCUT2D eigenvalue weighted by Crippen LogP contribution is -2.14. The molecule has 2 aromatic rings. The van der Waals surface area contributed by atoms with Crippen LogP contribution >= 0.6 is 0 Å². The van der Waals surface area contributed by atoms with Crippen LogP contribution in [0.3, 0.4) is 0 Å². The average Bonchev–Trinajstić information content (AvgIpc) is 3.59. The van der Waals surface area contributed by atoms with Gasteiger partial charge >= 0.3 is 23.9 Å². The number of methoxy groups -OCH3 is 2. The number of fused-ring (bicyclic) bond motifs is 2. The number of hydrogen-bond donors (Lipinski definition) is 2. The quantitative estimate of drug-likeness (QED) is 0.163. The number of ether oxygens (including phenoxy) is 5. The normalized spacial score (nSPS) is 14.1. The third-order valence-electron chi connectivity index (χ3n) is 8.26. The van der Waals surface area contributed by atoms with Crippen molar-refractivity contribution in [1.29, 1.82) is 0 Å². The summed E-state index contributed by atoms with van der Waals surface area (Å²) >= 11 is 0. The van der Waals surface area contributed by atoms with E-state index in [9.17, 15) is 24.3 Å². The number of esters is 3. The van der Waals surface area contributed by atoms with Crippen LogP contribution < -0.4 is 14.2 Å². The van der Waals surface area contributed by atoms with Gasteiger partial charge in [-0.2, -0.15) is 0 Å². The highest BCUT2D eigenvalue weighted by molar-refractivity contribution is 5.99. The minimum absolute atomic E-state index is 0.00603. The molecule has 0 aliphatic carbocycles. The van der Waals surface area contributed by atoms with Crippen molar-refractivity contribution in [3.8, 4) is 23.0 Å². The summed E-state index contributed by atoms with van der Waals surface area (Å²) in [6.07, 6.45) is 4.83. The molecule has 2 heterocycles. The zero-order chi connectivity index (χ0) is 33.0.